The van der Waals surface area contributed by atoms with E-state index in [0.29, 0.717) is 0 Å². The Bertz CT molecular complexity index is 1580. The van der Waals surface area contributed by atoms with Gasteiger partial charge in [0.15, 0.2) is 0 Å². The van der Waals surface area contributed by atoms with Crippen LogP contribution in [0.25, 0.3) is 0 Å². The van der Waals surface area contributed by atoms with Gasteiger partial charge in [0.05, 0.1) is 38.5 Å². The molecule has 0 unspecified atom stereocenters. The molecule has 1 saturated carbocycles. The van der Waals surface area contributed by atoms with Crippen LogP contribution >= 0.6 is 0 Å². The molecule has 0 aromatic heterocycles. The van der Waals surface area contributed by atoms with Gasteiger partial charge in [-0.2, -0.15) is 0 Å². The fourth-order valence-electron chi connectivity index (χ4n) is 6.27. The fraction of sp³-hybridized carbons (Fsp3) is 0.409. The number of benzene rings is 4. The molecule has 0 heterocycles. The highest BCUT2D eigenvalue weighted by molar-refractivity contribution is 5.70. The summed E-state index contributed by atoms with van der Waals surface area (Å²) in [6.45, 7) is 11.5. The molecule has 1 aliphatic rings. The Labute approximate surface area is 319 Å². The van der Waals surface area contributed by atoms with Crippen LogP contribution in [0, 0.1) is 0 Å². The standard InChI is InChI=1S/C44H54N2O8/c1-43(2,3)53-41(47)45-35-36(46-42(48)54-44(4,5)6)38(50-28-32-21-13-8-14-22-32)40(52-30-34-25-17-10-18-26-34)39(51-29-33-23-15-9-16-24-33)37(35)49-27-31-19-11-7-12-20-31/h7-26,35-40H,27-30H2,1-6H3,(H,45,47)(H,46,48)/t35-,36+,37-,38-,39+,40+/m0/s1. The molecule has 2 amide bonds. The second-order valence-electron chi connectivity index (χ2n) is 15.4. The normalized spacial score (nSPS) is 21.5. The Kier molecular flexibility index (Phi) is 14.3. The number of nitrogens with one attached hydrogen (secondary N) is 2. The summed E-state index contributed by atoms with van der Waals surface area (Å²) < 4.78 is 38.8. The van der Waals surface area contributed by atoms with Gasteiger partial charge in [0.1, 0.15) is 35.6 Å². The summed E-state index contributed by atoms with van der Waals surface area (Å²) >= 11 is 0. The van der Waals surface area contributed by atoms with Crippen molar-refractivity contribution in [2.45, 2.75) is 116 Å². The van der Waals surface area contributed by atoms with Crippen LogP contribution in [-0.4, -0.2) is 59.9 Å². The van der Waals surface area contributed by atoms with E-state index in [1.54, 1.807) is 41.5 Å². The lowest BCUT2D eigenvalue weighted by Gasteiger charge is -2.50. The molecule has 54 heavy (non-hydrogen) atoms. The first-order chi connectivity index (χ1) is 25.8. The van der Waals surface area contributed by atoms with E-state index in [1.807, 2.05) is 121 Å². The molecule has 5 rings (SSSR count). The van der Waals surface area contributed by atoms with E-state index in [2.05, 4.69) is 10.6 Å². The van der Waals surface area contributed by atoms with Crippen LogP contribution in [0.4, 0.5) is 9.59 Å². The molecule has 1 aliphatic carbocycles. The summed E-state index contributed by atoms with van der Waals surface area (Å²) in [5.41, 5.74) is 2.09. The van der Waals surface area contributed by atoms with E-state index in [0.717, 1.165) is 22.3 Å². The molecule has 2 N–H and O–H groups in total. The van der Waals surface area contributed by atoms with Gasteiger partial charge in [0.25, 0.3) is 0 Å². The van der Waals surface area contributed by atoms with E-state index < -0.39 is 59.9 Å². The molecule has 288 valence electrons. The summed E-state index contributed by atoms with van der Waals surface area (Å²) in [6, 6.07) is 37.2. The highest BCUT2D eigenvalue weighted by atomic mass is 16.6. The molecule has 1 fully saturated rings. The van der Waals surface area contributed by atoms with Crippen LogP contribution in [0.5, 0.6) is 0 Å². The Balaban J connectivity index is 1.63. The Morgan fingerprint density at radius 3 is 0.907 bits per heavy atom. The van der Waals surface area contributed by atoms with E-state index in [1.165, 1.54) is 0 Å². The number of amides is 2. The van der Waals surface area contributed by atoms with Crippen molar-refractivity contribution in [1.29, 1.82) is 0 Å². The van der Waals surface area contributed by atoms with Crippen molar-refractivity contribution < 1.29 is 38.0 Å². The van der Waals surface area contributed by atoms with Gasteiger partial charge in [0, 0.05) is 0 Å². The minimum Gasteiger partial charge on any atom is -0.444 e. The molecule has 0 saturated heterocycles. The van der Waals surface area contributed by atoms with E-state index in [-0.39, 0.29) is 26.4 Å². The van der Waals surface area contributed by atoms with E-state index >= 15 is 0 Å². The predicted octanol–water partition coefficient (Wildman–Crippen LogP) is 8.13. The molecule has 0 spiro atoms. The highest BCUT2D eigenvalue weighted by Crippen LogP contribution is 2.34. The zero-order valence-electron chi connectivity index (χ0n) is 32.1. The number of alkyl carbamates (subject to hydrolysis) is 2. The SMILES string of the molecule is CC(C)(C)OC(=O)N[C@@H]1[C@H](NC(=O)OC(C)(C)C)[C@H](OCc2ccccc2)[C@@H](OCc2ccccc2)[C@H](OCc2ccccc2)[C@H]1OCc1ccccc1. The number of hydrogen-bond donors (Lipinski definition) is 2. The van der Waals surface area contributed by atoms with Gasteiger partial charge < -0.3 is 39.1 Å². The third-order valence-electron chi connectivity index (χ3n) is 8.57. The predicted molar refractivity (Wildman–Crippen MR) is 206 cm³/mol. The molecular formula is C44H54N2O8. The maximum Gasteiger partial charge on any atom is 0.408 e. The van der Waals surface area contributed by atoms with Gasteiger partial charge in [-0.3, -0.25) is 0 Å². The summed E-state index contributed by atoms with van der Waals surface area (Å²) in [6.07, 6.45) is -4.75. The van der Waals surface area contributed by atoms with Crippen molar-refractivity contribution >= 4 is 12.2 Å². The van der Waals surface area contributed by atoms with Crippen LogP contribution in [-0.2, 0) is 54.8 Å². The van der Waals surface area contributed by atoms with Crippen LogP contribution in [0.2, 0.25) is 0 Å². The van der Waals surface area contributed by atoms with Gasteiger partial charge in [-0.05, 0) is 63.8 Å². The van der Waals surface area contributed by atoms with E-state index in [4.69, 9.17) is 28.4 Å². The molecule has 4 aromatic carbocycles. The molecular weight excluding hydrogens is 684 g/mol. The first kappa shape index (κ1) is 40.4. The minimum absolute atomic E-state index is 0.184. The Morgan fingerprint density at radius 2 is 0.667 bits per heavy atom. The lowest BCUT2D eigenvalue weighted by molar-refractivity contribution is -0.228. The van der Waals surface area contributed by atoms with Crippen molar-refractivity contribution in [2.24, 2.45) is 0 Å². The van der Waals surface area contributed by atoms with Crippen molar-refractivity contribution in [3.8, 4) is 0 Å². The first-order valence-electron chi connectivity index (χ1n) is 18.5. The lowest BCUT2D eigenvalue weighted by atomic mass is 9.80. The van der Waals surface area contributed by atoms with Gasteiger partial charge in [-0.25, -0.2) is 9.59 Å². The number of rotatable bonds is 14. The molecule has 6 atom stereocenters. The topological polar surface area (TPSA) is 114 Å². The van der Waals surface area contributed by atoms with Gasteiger partial charge in [0.2, 0.25) is 0 Å². The zero-order chi connectivity index (χ0) is 38.6. The zero-order valence-corrected chi connectivity index (χ0v) is 32.1. The molecule has 0 aliphatic heterocycles. The van der Waals surface area contributed by atoms with E-state index in [9.17, 15) is 9.59 Å². The third-order valence-corrected chi connectivity index (χ3v) is 8.57. The van der Waals surface area contributed by atoms with Crippen LogP contribution in [0.15, 0.2) is 121 Å². The highest BCUT2D eigenvalue weighted by Gasteiger charge is 2.55. The molecule has 10 nitrogen and oxygen atoms in total. The fourth-order valence-corrected chi connectivity index (χ4v) is 6.27. The minimum atomic E-state index is -0.936. The monoisotopic (exact) mass is 738 g/mol. The van der Waals surface area contributed by atoms with Crippen molar-refractivity contribution in [3.63, 3.8) is 0 Å². The number of ether oxygens (including phenoxy) is 6. The van der Waals surface area contributed by atoms with Gasteiger partial charge in [-0.1, -0.05) is 121 Å². The summed E-state index contributed by atoms with van der Waals surface area (Å²) in [5.74, 6) is 0. The maximum absolute atomic E-state index is 13.7. The summed E-state index contributed by atoms with van der Waals surface area (Å²) in [7, 11) is 0. The summed E-state index contributed by atoms with van der Waals surface area (Å²) in [5, 5.41) is 6.12. The van der Waals surface area contributed by atoms with Crippen molar-refractivity contribution in [3.05, 3.63) is 144 Å². The third kappa shape index (κ3) is 12.7. The Morgan fingerprint density at radius 1 is 0.426 bits per heavy atom. The van der Waals surface area contributed by atoms with Gasteiger partial charge in [-0.15, -0.1) is 0 Å². The van der Waals surface area contributed by atoms with Crippen LogP contribution < -0.4 is 10.6 Å². The molecule has 4 aromatic rings. The second-order valence-corrected chi connectivity index (χ2v) is 15.4. The van der Waals surface area contributed by atoms with Crippen LogP contribution in [0.3, 0.4) is 0 Å². The smallest absolute Gasteiger partial charge is 0.408 e. The average molecular weight is 739 g/mol. The summed E-state index contributed by atoms with van der Waals surface area (Å²) in [4.78, 5) is 27.5. The largest absolute Gasteiger partial charge is 0.444 e. The number of hydrogen-bond acceptors (Lipinski definition) is 8. The van der Waals surface area contributed by atoms with Gasteiger partial charge >= 0.3 is 12.2 Å². The molecule has 10 heteroatoms. The van der Waals surface area contributed by atoms with Crippen LogP contribution in [0.1, 0.15) is 63.8 Å². The molecule has 0 bridgehead atoms. The van der Waals surface area contributed by atoms with Crippen molar-refractivity contribution in [2.75, 3.05) is 0 Å². The first-order valence-corrected chi connectivity index (χ1v) is 18.5. The van der Waals surface area contributed by atoms with Crippen molar-refractivity contribution in [1.82, 2.24) is 10.6 Å². The average Bonchev–Trinajstić information content (AvgIpc) is 3.13. The lowest BCUT2D eigenvalue weighted by Crippen LogP contribution is -2.74. The molecule has 0 radical (unpaired) electrons. The number of carbonyl (C=O) groups is 2. The second kappa shape index (κ2) is 19.0. The number of carbonyl (C=O) groups excluding carboxylic acids is 2. The maximum atomic E-state index is 13.7. The Hall–Kier alpha value is -4.74. The quantitative estimate of drug-likeness (QED) is 0.133.